The number of anilines is 1. The fourth-order valence-corrected chi connectivity index (χ4v) is 2.48. The van der Waals surface area contributed by atoms with Crippen LogP contribution in [0.2, 0.25) is 0 Å². The molecule has 0 aliphatic carbocycles. The number of nitrogens with zero attached hydrogens (tertiary/aromatic N) is 4. The lowest BCUT2D eigenvalue weighted by atomic mass is 10.2. The molecule has 1 aromatic heterocycles. The molecule has 2 aromatic rings. The molecule has 1 aliphatic rings. The summed E-state index contributed by atoms with van der Waals surface area (Å²) in [5, 5.41) is 15.1. The number of hydrogen-bond donors (Lipinski definition) is 2. The molecular formula is C17H20N6O2. The number of fused-ring (bicyclic) bond motifs is 1. The van der Waals surface area contributed by atoms with Crippen molar-refractivity contribution in [3.05, 3.63) is 36.4 Å². The molecule has 25 heavy (non-hydrogen) atoms. The molecule has 8 nitrogen and oxygen atoms in total. The number of nitriles is 1. The standard InChI is InChI=1S/C17H20N6O2/c1-13-10-23(12-21-13)6-2-5-19-17(20-11-18)22-14-3-4-15-16(9-14)25-8-7-24-15/h3-4,9-10,12H,2,5-8H2,1H3,(H2,19,20,22). The molecule has 0 amide bonds. The maximum absolute atomic E-state index is 8.87. The summed E-state index contributed by atoms with van der Waals surface area (Å²) in [5.74, 6) is 1.81. The van der Waals surface area contributed by atoms with E-state index in [0.717, 1.165) is 30.1 Å². The monoisotopic (exact) mass is 340 g/mol. The average Bonchev–Trinajstić information content (AvgIpc) is 3.04. The van der Waals surface area contributed by atoms with Crippen LogP contribution in [0.15, 0.2) is 35.7 Å². The highest BCUT2D eigenvalue weighted by Crippen LogP contribution is 2.32. The predicted octanol–water partition coefficient (Wildman–Crippen LogP) is 1.89. The minimum absolute atomic E-state index is 0.404. The first-order chi connectivity index (χ1) is 12.2. The molecule has 0 radical (unpaired) electrons. The quantitative estimate of drug-likeness (QED) is 0.373. The summed E-state index contributed by atoms with van der Waals surface area (Å²) in [6.07, 6.45) is 6.49. The van der Waals surface area contributed by atoms with Crippen molar-refractivity contribution in [1.82, 2.24) is 14.9 Å². The lowest BCUT2D eigenvalue weighted by Gasteiger charge is -2.19. The lowest BCUT2D eigenvalue weighted by molar-refractivity contribution is 0.171. The Morgan fingerprint density at radius 3 is 2.96 bits per heavy atom. The summed E-state index contributed by atoms with van der Waals surface area (Å²) < 4.78 is 13.1. The van der Waals surface area contributed by atoms with Crippen molar-refractivity contribution in [2.24, 2.45) is 4.99 Å². The Kier molecular flexibility index (Phi) is 5.36. The van der Waals surface area contributed by atoms with Crippen LogP contribution in [-0.4, -0.2) is 35.3 Å². The topological polar surface area (TPSA) is 96.5 Å². The highest BCUT2D eigenvalue weighted by atomic mass is 16.6. The van der Waals surface area contributed by atoms with Gasteiger partial charge in [-0.2, -0.15) is 5.26 Å². The molecule has 0 saturated carbocycles. The SMILES string of the molecule is Cc1cn(CCCNC(=NC#N)Nc2ccc3c(c2)OCCO3)cn1. The van der Waals surface area contributed by atoms with Crippen LogP contribution in [0.4, 0.5) is 5.69 Å². The van der Waals surface area contributed by atoms with E-state index in [-0.39, 0.29) is 0 Å². The van der Waals surface area contributed by atoms with E-state index in [4.69, 9.17) is 14.7 Å². The minimum atomic E-state index is 0.404. The number of aryl methyl sites for hydroxylation is 2. The predicted molar refractivity (Wildman–Crippen MR) is 93.7 cm³/mol. The molecular weight excluding hydrogens is 320 g/mol. The van der Waals surface area contributed by atoms with Crippen molar-refractivity contribution in [3.63, 3.8) is 0 Å². The third-order valence-corrected chi connectivity index (χ3v) is 3.61. The maximum Gasteiger partial charge on any atom is 0.211 e. The molecule has 0 atom stereocenters. The summed E-state index contributed by atoms with van der Waals surface area (Å²) >= 11 is 0. The third kappa shape index (κ3) is 4.64. The Morgan fingerprint density at radius 1 is 1.36 bits per heavy atom. The van der Waals surface area contributed by atoms with Gasteiger partial charge in [0.2, 0.25) is 12.2 Å². The number of hydrogen-bond acceptors (Lipinski definition) is 5. The van der Waals surface area contributed by atoms with Crippen molar-refractivity contribution < 1.29 is 9.47 Å². The maximum atomic E-state index is 8.87. The Morgan fingerprint density at radius 2 is 2.20 bits per heavy atom. The largest absolute Gasteiger partial charge is 0.486 e. The van der Waals surface area contributed by atoms with Crippen LogP contribution in [0.25, 0.3) is 0 Å². The fourth-order valence-electron chi connectivity index (χ4n) is 2.48. The molecule has 8 heteroatoms. The molecule has 0 unspecified atom stereocenters. The van der Waals surface area contributed by atoms with Crippen LogP contribution >= 0.6 is 0 Å². The van der Waals surface area contributed by atoms with Crippen LogP contribution in [0.1, 0.15) is 12.1 Å². The van der Waals surface area contributed by atoms with Gasteiger partial charge < -0.3 is 24.7 Å². The lowest BCUT2D eigenvalue weighted by Crippen LogP contribution is -2.31. The van der Waals surface area contributed by atoms with Crippen molar-refractivity contribution >= 4 is 11.6 Å². The van der Waals surface area contributed by atoms with Gasteiger partial charge in [0.15, 0.2) is 11.5 Å². The first-order valence-electron chi connectivity index (χ1n) is 8.10. The van der Waals surface area contributed by atoms with Crippen LogP contribution in [-0.2, 0) is 6.54 Å². The zero-order chi connectivity index (χ0) is 17.5. The van der Waals surface area contributed by atoms with E-state index in [2.05, 4.69) is 20.6 Å². The van der Waals surface area contributed by atoms with E-state index in [9.17, 15) is 0 Å². The molecule has 0 spiro atoms. The van der Waals surface area contributed by atoms with Crippen LogP contribution in [0, 0.1) is 18.4 Å². The van der Waals surface area contributed by atoms with Gasteiger partial charge in [0, 0.05) is 31.0 Å². The number of ether oxygens (including phenoxy) is 2. The van der Waals surface area contributed by atoms with Crippen molar-refractivity contribution in [3.8, 4) is 17.7 Å². The van der Waals surface area contributed by atoms with Gasteiger partial charge in [-0.05, 0) is 25.5 Å². The molecule has 1 aromatic carbocycles. The van der Waals surface area contributed by atoms with Gasteiger partial charge in [-0.25, -0.2) is 4.98 Å². The Bertz CT molecular complexity index is 793. The summed E-state index contributed by atoms with van der Waals surface area (Å²) in [6, 6.07) is 5.52. The van der Waals surface area contributed by atoms with E-state index in [0.29, 0.717) is 31.5 Å². The van der Waals surface area contributed by atoms with Gasteiger partial charge >= 0.3 is 0 Å². The van der Waals surface area contributed by atoms with Crippen LogP contribution in [0.5, 0.6) is 11.5 Å². The van der Waals surface area contributed by atoms with Gasteiger partial charge in [0.05, 0.1) is 12.0 Å². The molecule has 1 aliphatic heterocycles. The van der Waals surface area contributed by atoms with Crippen molar-refractivity contribution in [1.29, 1.82) is 5.26 Å². The first kappa shape index (κ1) is 16.6. The van der Waals surface area contributed by atoms with Gasteiger partial charge in [-0.15, -0.1) is 4.99 Å². The first-order valence-corrected chi connectivity index (χ1v) is 8.10. The number of rotatable bonds is 5. The highest BCUT2D eigenvalue weighted by molar-refractivity contribution is 5.94. The summed E-state index contributed by atoms with van der Waals surface area (Å²) in [4.78, 5) is 7.98. The number of imidazole rings is 1. The molecule has 0 bridgehead atoms. The molecule has 2 N–H and O–H groups in total. The molecule has 0 saturated heterocycles. The minimum Gasteiger partial charge on any atom is -0.486 e. The second-order valence-electron chi connectivity index (χ2n) is 5.58. The van der Waals surface area contributed by atoms with Gasteiger partial charge in [0.25, 0.3) is 0 Å². The Hall–Kier alpha value is -3.21. The normalized spacial score (nSPS) is 13.2. The van der Waals surface area contributed by atoms with Crippen molar-refractivity contribution in [2.75, 3.05) is 25.1 Å². The Balaban J connectivity index is 1.53. The smallest absolute Gasteiger partial charge is 0.211 e. The van der Waals surface area contributed by atoms with E-state index in [1.54, 1.807) is 6.19 Å². The molecule has 130 valence electrons. The average molecular weight is 340 g/mol. The molecule has 3 rings (SSSR count). The zero-order valence-electron chi connectivity index (χ0n) is 14.0. The number of aliphatic imine (C=N–C) groups is 1. The highest BCUT2D eigenvalue weighted by Gasteiger charge is 2.12. The number of guanidine groups is 1. The molecule has 0 fully saturated rings. The molecule has 2 heterocycles. The van der Waals surface area contributed by atoms with Crippen molar-refractivity contribution in [2.45, 2.75) is 19.9 Å². The summed E-state index contributed by atoms with van der Waals surface area (Å²) in [7, 11) is 0. The van der Waals surface area contributed by atoms with Gasteiger partial charge in [0.1, 0.15) is 13.2 Å². The number of benzene rings is 1. The summed E-state index contributed by atoms with van der Waals surface area (Å²) in [5.41, 5.74) is 1.77. The van der Waals surface area contributed by atoms with Crippen LogP contribution in [0.3, 0.4) is 0 Å². The fraction of sp³-hybridized carbons (Fsp3) is 0.353. The van der Waals surface area contributed by atoms with Gasteiger partial charge in [-0.1, -0.05) is 0 Å². The van der Waals surface area contributed by atoms with E-state index in [1.807, 2.05) is 42.2 Å². The van der Waals surface area contributed by atoms with Gasteiger partial charge in [-0.3, -0.25) is 0 Å². The summed E-state index contributed by atoms with van der Waals surface area (Å²) in [6.45, 7) is 4.57. The van der Waals surface area contributed by atoms with E-state index in [1.165, 1.54) is 0 Å². The number of aromatic nitrogens is 2. The van der Waals surface area contributed by atoms with E-state index >= 15 is 0 Å². The second-order valence-corrected chi connectivity index (χ2v) is 5.58. The number of nitrogens with one attached hydrogen (secondary N) is 2. The third-order valence-electron chi connectivity index (χ3n) is 3.61. The zero-order valence-corrected chi connectivity index (χ0v) is 14.0. The van der Waals surface area contributed by atoms with E-state index < -0.39 is 0 Å². The van der Waals surface area contributed by atoms with Crippen LogP contribution < -0.4 is 20.1 Å². The second kappa shape index (κ2) is 8.06. The Labute approximate surface area is 146 Å².